The number of nitrogens with zero attached hydrogens (tertiary/aromatic N) is 2. The summed E-state index contributed by atoms with van der Waals surface area (Å²) < 4.78 is 43.0. The fraction of sp³-hybridized carbons (Fsp3) is 0.474. The van der Waals surface area contributed by atoms with E-state index < -0.39 is 16.0 Å². The number of ether oxygens (including phenoxy) is 2. The largest absolute Gasteiger partial charge is 0.464 e. The van der Waals surface area contributed by atoms with Crippen molar-refractivity contribution in [2.45, 2.75) is 38.6 Å². The number of methoxy groups -OCH3 is 2. The van der Waals surface area contributed by atoms with E-state index in [1.54, 1.807) is 21.0 Å². The van der Waals surface area contributed by atoms with Crippen LogP contribution in [0, 0.1) is 20.8 Å². The van der Waals surface area contributed by atoms with Crippen molar-refractivity contribution < 1.29 is 27.1 Å². The third kappa shape index (κ3) is 4.98. The molecule has 8 nitrogen and oxygen atoms in total. The smallest absolute Gasteiger partial charge is 0.360 e. The molecule has 0 amide bonds. The highest BCUT2D eigenvalue weighted by Gasteiger charge is 2.29. The van der Waals surface area contributed by atoms with Crippen LogP contribution >= 0.6 is 0 Å². The van der Waals surface area contributed by atoms with Crippen LogP contribution in [0.25, 0.3) is 0 Å². The molecule has 0 fully saturated rings. The first-order valence-corrected chi connectivity index (χ1v) is 10.2. The van der Waals surface area contributed by atoms with Gasteiger partial charge in [-0.1, -0.05) is 17.7 Å². The molecule has 0 spiro atoms. The Hall–Kier alpha value is -2.23. The minimum Gasteiger partial charge on any atom is -0.464 e. The van der Waals surface area contributed by atoms with Crippen molar-refractivity contribution in [1.29, 1.82) is 0 Å². The second-order valence-electron chi connectivity index (χ2n) is 6.53. The highest BCUT2D eigenvalue weighted by Crippen LogP contribution is 2.26. The first-order valence-electron chi connectivity index (χ1n) is 8.80. The fourth-order valence-electron chi connectivity index (χ4n) is 3.10. The molecular formula is C19H26N2O6S. The highest BCUT2D eigenvalue weighted by molar-refractivity contribution is 7.89. The number of benzene rings is 1. The average Bonchev–Trinajstić information content (AvgIpc) is 3.07. The second-order valence-corrected chi connectivity index (χ2v) is 8.41. The average molecular weight is 410 g/mol. The minimum absolute atomic E-state index is 0.00515. The molecule has 1 aromatic carbocycles. The van der Waals surface area contributed by atoms with Gasteiger partial charge in [-0.25, -0.2) is 18.2 Å². The van der Waals surface area contributed by atoms with Gasteiger partial charge in [0.15, 0.2) is 5.69 Å². The van der Waals surface area contributed by atoms with Gasteiger partial charge in [0, 0.05) is 20.3 Å². The quantitative estimate of drug-likeness (QED) is 0.463. The van der Waals surface area contributed by atoms with Crippen LogP contribution in [0.4, 0.5) is 0 Å². The molecule has 0 bridgehead atoms. The molecule has 2 rings (SSSR count). The van der Waals surface area contributed by atoms with Gasteiger partial charge in [0.1, 0.15) is 6.26 Å². The Labute approximate surface area is 165 Å². The molecule has 0 saturated carbocycles. The first-order chi connectivity index (χ1) is 13.2. The standard InChI is InChI=1S/C19H26N2O6S/c1-13-9-14(2)18(15(3)10-13)28(23,24)21(7-6-8-25-4)11-17-20-16(12-27-17)19(22)26-5/h9-10,12H,6-8,11H2,1-5H3. The zero-order valence-electron chi connectivity index (χ0n) is 16.8. The van der Waals surface area contributed by atoms with Gasteiger partial charge in [0.25, 0.3) is 0 Å². The number of hydrogen-bond donors (Lipinski definition) is 0. The van der Waals surface area contributed by atoms with E-state index in [9.17, 15) is 13.2 Å². The lowest BCUT2D eigenvalue weighted by molar-refractivity contribution is 0.0594. The molecule has 0 radical (unpaired) electrons. The van der Waals surface area contributed by atoms with E-state index in [2.05, 4.69) is 9.72 Å². The lowest BCUT2D eigenvalue weighted by Crippen LogP contribution is -2.33. The van der Waals surface area contributed by atoms with Gasteiger partial charge in [-0.3, -0.25) is 0 Å². The van der Waals surface area contributed by atoms with Crippen molar-refractivity contribution in [3.8, 4) is 0 Å². The summed E-state index contributed by atoms with van der Waals surface area (Å²) in [4.78, 5) is 15.9. The fourth-order valence-corrected chi connectivity index (χ4v) is 4.94. The number of rotatable bonds is 9. The molecule has 1 heterocycles. The van der Waals surface area contributed by atoms with Gasteiger partial charge in [-0.05, 0) is 38.3 Å². The van der Waals surface area contributed by atoms with Gasteiger partial charge in [0.2, 0.25) is 15.9 Å². The van der Waals surface area contributed by atoms with Gasteiger partial charge < -0.3 is 13.9 Å². The summed E-state index contributed by atoms with van der Waals surface area (Å²) in [5, 5.41) is 0. The van der Waals surface area contributed by atoms with E-state index in [4.69, 9.17) is 9.15 Å². The van der Waals surface area contributed by atoms with E-state index in [0.29, 0.717) is 24.2 Å². The molecule has 2 aromatic rings. The summed E-state index contributed by atoms with van der Waals surface area (Å²) in [7, 11) is -1.02. The number of carbonyl (C=O) groups is 1. The Morgan fingerprint density at radius 2 is 1.82 bits per heavy atom. The van der Waals surface area contributed by atoms with Crippen LogP contribution in [-0.2, 0) is 26.0 Å². The number of aromatic nitrogens is 1. The number of aryl methyl sites for hydroxylation is 3. The van der Waals surface area contributed by atoms with Crippen LogP contribution in [0.2, 0.25) is 0 Å². The molecule has 9 heteroatoms. The van der Waals surface area contributed by atoms with Gasteiger partial charge in [0.05, 0.1) is 18.6 Å². The second kappa shape index (κ2) is 9.31. The number of sulfonamides is 1. The molecule has 0 atom stereocenters. The number of carbonyl (C=O) groups excluding carboxylic acids is 1. The van der Waals surface area contributed by atoms with Gasteiger partial charge in [-0.2, -0.15) is 4.31 Å². The van der Waals surface area contributed by atoms with Crippen molar-refractivity contribution in [2.24, 2.45) is 0 Å². The summed E-state index contributed by atoms with van der Waals surface area (Å²) in [5.74, 6) is -0.530. The number of oxazole rings is 1. The van der Waals surface area contributed by atoms with Crippen LogP contribution in [0.1, 0.15) is 39.5 Å². The first kappa shape index (κ1) is 22.1. The van der Waals surface area contributed by atoms with Crippen molar-refractivity contribution in [2.75, 3.05) is 27.4 Å². The topological polar surface area (TPSA) is 98.9 Å². The highest BCUT2D eigenvalue weighted by atomic mass is 32.2. The molecule has 0 aliphatic carbocycles. The van der Waals surface area contributed by atoms with E-state index in [1.165, 1.54) is 11.4 Å². The Morgan fingerprint density at radius 1 is 1.18 bits per heavy atom. The summed E-state index contributed by atoms with van der Waals surface area (Å²) in [6, 6.07) is 3.68. The van der Waals surface area contributed by atoms with Gasteiger partial charge >= 0.3 is 5.97 Å². The molecule has 154 valence electrons. The maximum atomic E-state index is 13.4. The maximum absolute atomic E-state index is 13.4. The Morgan fingerprint density at radius 3 is 2.39 bits per heavy atom. The molecule has 0 N–H and O–H groups in total. The molecule has 28 heavy (non-hydrogen) atoms. The minimum atomic E-state index is -3.81. The molecule has 0 aliphatic rings. The zero-order valence-corrected chi connectivity index (χ0v) is 17.6. The van der Waals surface area contributed by atoms with E-state index in [-0.39, 0.29) is 29.6 Å². The normalized spacial score (nSPS) is 11.8. The Kier molecular flexibility index (Phi) is 7.34. The lowest BCUT2D eigenvalue weighted by atomic mass is 10.1. The molecule has 0 unspecified atom stereocenters. The maximum Gasteiger partial charge on any atom is 0.360 e. The van der Waals surface area contributed by atoms with Crippen LogP contribution in [0.3, 0.4) is 0 Å². The van der Waals surface area contributed by atoms with Crippen LogP contribution in [-0.4, -0.2) is 51.0 Å². The van der Waals surface area contributed by atoms with Crippen molar-refractivity contribution in [1.82, 2.24) is 9.29 Å². The summed E-state index contributed by atoms with van der Waals surface area (Å²) in [5.41, 5.74) is 2.35. The Balaban J connectivity index is 2.39. The third-order valence-corrected chi connectivity index (χ3v) is 6.37. The molecule has 0 saturated heterocycles. The SMILES string of the molecule is COCCCN(Cc1nc(C(=O)OC)co1)S(=O)(=O)c1c(C)cc(C)cc1C. The van der Waals surface area contributed by atoms with Gasteiger partial charge in [-0.15, -0.1) is 0 Å². The lowest BCUT2D eigenvalue weighted by Gasteiger charge is -2.23. The van der Waals surface area contributed by atoms with Crippen molar-refractivity contribution in [3.05, 3.63) is 46.7 Å². The summed E-state index contributed by atoms with van der Waals surface area (Å²) in [6.07, 6.45) is 1.66. The van der Waals surface area contributed by atoms with Crippen LogP contribution in [0.15, 0.2) is 27.7 Å². The molecule has 1 aromatic heterocycles. The zero-order chi connectivity index (χ0) is 20.9. The van der Waals surface area contributed by atoms with Crippen molar-refractivity contribution >= 4 is 16.0 Å². The number of esters is 1. The predicted octanol–water partition coefficient (Wildman–Crippen LogP) is 2.61. The van der Waals surface area contributed by atoms with Crippen LogP contribution < -0.4 is 0 Å². The summed E-state index contributed by atoms with van der Waals surface area (Å²) >= 11 is 0. The van der Waals surface area contributed by atoms with Crippen molar-refractivity contribution in [3.63, 3.8) is 0 Å². The Bertz CT molecular complexity index is 913. The summed E-state index contributed by atoms with van der Waals surface area (Å²) in [6.45, 7) is 6.01. The molecule has 0 aliphatic heterocycles. The predicted molar refractivity (Wildman–Crippen MR) is 103 cm³/mol. The van der Waals surface area contributed by atoms with E-state index in [0.717, 1.165) is 11.8 Å². The third-order valence-electron chi connectivity index (χ3n) is 4.22. The number of hydrogen-bond acceptors (Lipinski definition) is 7. The monoisotopic (exact) mass is 410 g/mol. The van der Waals surface area contributed by atoms with E-state index >= 15 is 0 Å². The molecular weight excluding hydrogens is 384 g/mol. The van der Waals surface area contributed by atoms with Crippen LogP contribution in [0.5, 0.6) is 0 Å². The van der Waals surface area contributed by atoms with E-state index in [1.807, 2.05) is 19.1 Å².